The lowest BCUT2D eigenvalue weighted by molar-refractivity contribution is -0.149. The lowest BCUT2D eigenvalue weighted by Gasteiger charge is -2.28. The Kier molecular flexibility index (Phi) is 3.49. The summed E-state index contributed by atoms with van der Waals surface area (Å²) in [4.78, 5) is 36.2. The van der Waals surface area contributed by atoms with E-state index in [1.165, 1.54) is 5.56 Å². The van der Waals surface area contributed by atoms with Crippen LogP contribution in [0.3, 0.4) is 0 Å². The molecule has 2 aliphatic rings. The summed E-state index contributed by atoms with van der Waals surface area (Å²) in [6.07, 6.45) is 2.16. The van der Waals surface area contributed by atoms with E-state index in [4.69, 9.17) is 5.11 Å². The Labute approximate surface area is 122 Å². The number of carbonyl (C=O) groups is 3. The molecule has 5 nitrogen and oxygen atoms in total. The van der Waals surface area contributed by atoms with Gasteiger partial charge in [-0.15, -0.1) is 0 Å². The maximum atomic E-state index is 12.3. The van der Waals surface area contributed by atoms with Crippen LogP contribution in [0.2, 0.25) is 0 Å². The second-order valence-corrected chi connectivity index (χ2v) is 5.79. The molecule has 3 atom stereocenters. The molecule has 2 amide bonds. The Morgan fingerprint density at radius 1 is 1.10 bits per heavy atom. The van der Waals surface area contributed by atoms with Gasteiger partial charge in [0.2, 0.25) is 11.8 Å². The van der Waals surface area contributed by atoms with Crippen molar-refractivity contribution in [1.29, 1.82) is 0 Å². The number of benzene rings is 1. The van der Waals surface area contributed by atoms with Crippen molar-refractivity contribution in [1.82, 2.24) is 4.90 Å². The van der Waals surface area contributed by atoms with Crippen molar-refractivity contribution in [3.63, 3.8) is 0 Å². The summed E-state index contributed by atoms with van der Waals surface area (Å²) < 4.78 is 0. The third kappa shape index (κ3) is 2.44. The number of nitrogens with zero attached hydrogens (tertiary/aromatic N) is 1. The van der Waals surface area contributed by atoms with Crippen LogP contribution in [0.15, 0.2) is 30.3 Å². The zero-order chi connectivity index (χ0) is 15.0. The highest BCUT2D eigenvalue weighted by Crippen LogP contribution is 2.44. The molecule has 1 heterocycles. The number of likely N-dealkylation sites (tertiary alicyclic amines) is 1. The number of aliphatic carboxylic acids is 1. The number of hydrogen-bond acceptors (Lipinski definition) is 3. The molecule has 5 heteroatoms. The molecule has 3 rings (SSSR count). The molecule has 1 aliphatic carbocycles. The van der Waals surface area contributed by atoms with Gasteiger partial charge in [-0.3, -0.25) is 19.3 Å². The van der Waals surface area contributed by atoms with E-state index in [1.54, 1.807) is 0 Å². The maximum Gasteiger partial charge on any atom is 0.323 e. The Morgan fingerprint density at radius 3 is 2.43 bits per heavy atom. The van der Waals surface area contributed by atoms with E-state index in [1.807, 2.05) is 30.3 Å². The van der Waals surface area contributed by atoms with E-state index < -0.39 is 12.5 Å². The third-order valence-electron chi connectivity index (χ3n) is 4.58. The van der Waals surface area contributed by atoms with Gasteiger partial charge in [-0.25, -0.2) is 0 Å². The third-order valence-corrected chi connectivity index (χ3v) is 4.58. The molecule has 1 aliphatic heterocycles. The Balaban J connectivity index is 1.78. The fourth-order valence-corrected chi connectivity index (χ4v) is 3.57. The number of carboxylic acid groups (broad SMARTS) is 1. The summed E-state index contributed by atoms with van der Waals surface area (Å²) >= 11 is 0. The zero-order valence-electron chi connectivity index (χ0n) is 11.6. The summed E-state index contributed by atoms with van der Waals surface area (Å²) in [5.74, 6) is -2.16. The van der Waals surface area contributed by atoms with Crippen LogP contribution in [-0.4, -0.2) is 34.3 Å². The largest absolute Gasteiger partial charge is 0.480 e. The number of carbonyl (C=O) groups excluding carboxylic acids is 2. The van der Waals surface area contributed by atoms with Crippen LogP contribution >= 0.6 is 0 Å². The summed E-state index contributed by atoms with van der Waals surface area (Å²) in [6, 6.07) is 9.98. The van der Waals surface area contributed by atoms with Crippen LogP contribution in [0.25, 0.3) is 0 Å². The SMILES string of the molecule is O=C(O)CN1C(=O)[C@@H]2CC[C@@H](c3ccccc3)C[C@H]2C1=O. The van der Waals surface area contributed by atoms with Gasteiger partial charge in [-0.05, 0) is 30.7 Å². The van der Waals surface area contributed by atoms with Crippen molar-refractivity contribution in [2.45, 2.75) is 25.2 Å². The zero-order valence-corrected chi connectivity index (χ0v) is 11.6. The average molecular weight is 287 g/mol. The van der Waals surface area contributed by atoms with Crippen molar-refractivity contribution >= 4 is 17.8 Å². The van der Waals surface area contributed by atoms with E-state index in [9.17, 15) is 14.4 Å². The molecule has 1 aromatic carbocycles. The van der Waals surface area contributed by atoms with E-state index in [0.29, 0.717) is 12.8 Å². The highest BCUT2D eigenvalue weighted by Gasteiger charge is 2.50. The molecule has 0 radical (unpaired) electrons. The number of amides is 2. The molecule has 21 heavy (non-hydrogen) atoms. The second-order valence-electron chi connectivity index (χ2n) is 5.79. The molecule has 0 aromatic heterocycles. The van der Waals surface area contributed by atoms with Crippen LogP contribution < -0.4 is 0 Å². The van der Waals surface area contributed by atoms with Gasteiger partial charge in [0, 0.05) is 0 Å². The van der Waals surface area contributed by atoms with Crippen molar-refractivity contribution in [2.75, 3.05) is 6.54 Å². The molecule has 0 bridgehead atoms. The average Bonchev–Trinajstić information content (AvgIpc) is 2.72. The van der Waals surface area contributed by atoms with E-state index in [0.717, 1.165) is 11.3 Å². The number of hydrogen-bond donors (Lipinski definition) is 1. The van der Waals surface area contributed by atoms with Gasteiger partial charge in [0.15, 0.2) is 0 Å². The van der Waals surface area contributed by atoms with Crippen LogP contribution in [0.5, 0.6) is 0 Å². The summed E-state index contributed by atoms with van der Waals surface area (Å²) in [6.45, 7) is -0.513. The van der Waals surface area contributed by atoms with Crippen LogP contribution in [0.4, 0.5) is 0 Å². The van der Waals surface area contributed by atoms with Gasteiger partial charge in [-0.2, -0.15) is 0 Å². The normalized spacial score (nSPS) is 28.6. The maximum absolute atomic E-state index is 12.3. The van der Waals surface area contributed by atoms with Gasteiger partial charge < -0.3 is 5.11 Å². The number of fused-ring (bicyclic) bond motifs is 1. The minimum Gasteiger partial charge on any atom is -0.480 e. The highest BCUT2D eigenvalue weighted by atomic mass is 16.4. The van der Waals surface area contributed by atoms with Gasteiger partial charge in [-0.1, -0.05) is 30.3 Å². The van der Waals surface area contributed by atoms with Crippen molar-refractivity contribution in [3.05, 3.63) is 35.9 Å². The van der Waals surface area contributed by atoms with E-state index >= 15 is 0 Å². The van der Waals surface area contributed by atoms with Crippen LogP contribution in [-0.2, 0) is 14.4 Å². The molecule has 1 N–H and O–H groups in total. The fourth-order valence-electron chi connectivity index (χ4n) is 3.57. The van der Waals surface area contributed by atoms with Gasteiger partial charge >= 0.3 is 5.97 Å². The minimum atomic E-state index is -1.14. The van der Waals surface area contributed by atoms with Crippen molar-refractivity contribution in [2.24, 2.45) is 11.8 Å². The summed E-state index contributed by atoms with van der Waals surface area (Å²) in [5, 5.41) is 8.83. The monoisotopic (exact) mass is 287 g/mol. The standard InChI is InChI=1S/C16H17NO4/c18-14(19)9-17-15(20)12-7-6-11(8-13(12)16(17)21)10-4-2-1-3-5-10/h1-5,11-13H,6-9H2,(H,18,19)/t11-,12-,13-/m1/s1. The summed E-state index contributed by atoms with van der Waals surface area (Å²) in [7, 11) is 0. The van der Waals surface area contributed by atoms with E-state index in [-0.39, 0.29) is 29.6 Å². The molecule has 2 fully saturated rings. The van der Waals surface area contributed by atoms with Crippen molar-refractivity contribution in [3.8, 4) is 0 Å². The molecule has 0 spiro atoms. The molecular weight excluding hydrogens is 270 g/mol. The van der Waals surface area contributed by atoms with Crippen LogP contribution in [0, 0.1) is 11.8 Å². The number of rotatable bonds is 3. The topological polar surface area (TPSA) is 74.7 Å². The number of imide groups is 1. The highest BCUT2D eigenvalue weighted by molar-refractivity contribution is 6.07. The predicted octanol–water partition coefficient (Wildman–Crippen LogP) is 1.64. The fraction of sp³-hybridized carbons (Fsp3) is 0.438. The predicted molar refractivity (Wildman–Crippen MR) is 74.4 cm³/mol. The quantitative estimate of drug-likeness (QED) is 0.858. The van der Waals surface area contributed by atoms with Gasteiger partial charge in [0.1, 0.15) is 6.54 Å². The second kappa shape index (κ2) is 5.31. The van der Waals surface area contributed by atoms with E-state index in [2.05, 4.69) is 0 Å². The first kappa shape index (κ1) is 13.8. The Hall–Kier alpha value is -2.17. The molecule has 1 saturated carbocycles. The smallest absolute Gasteiger partial charge is 0.323 e. The van der Waals surface area contributed by atoms with Gasteiger partial charge in [0.25, 0.3) is 0 Å². The Bertz CT molecular complexity index is 583. The lowest BCUT2D eigenvalue weighted by atomic mass is 9.73. The Morgan fingerprint density at radius 2 is 1.76 bits per heavy atom. The summed E-state index contributed by atoms with van der Waals surface area (Å²) in [5.41, 5.74) is 1.19. The molecule has 110 valence electrons. The molecular formula is C16H17NO4. The molecule has 1 aromatic rings. The minimum absolute atomic E-state index is 0.272. The first-order valence-corrected chi connectivity index (χ1v) is 7.20. The lowest BCUT2D eigenvalue weighted by Crippen LogP contribution is -2.35. The molecule has 0 unspecified atom stereocenters. The first-order chi connectivity index (χ1) is 10.1. The van der Waals surface area contributed by atoms with Gasteiger partial charge in [0.05, 0.1) is 11.8 Å². The first-order valence-electron chi connectivity index (χ1n) is 7.20. The molecule has 1 saturated heterocycles. The van der Waals surface area contributed by atoms with Crippen molar-refractivity contribution < 1.29 is 19.5 Å². The number of carboxylic acids is 1. The van der Waals surface area contributed by atoms with Crippen LogP contribution in [0.1, 0.15) is 30.7 Å².